The zero-order chi connectivity index (χ0) is 23.8. The quantitative estimate of drug-likeness (QED) is 0.731. The van der Waals surface area contributed by atoms with Gasteiger partial charge in [-0.3, -0.25) is 9.69 Å². The molecule has 1 aromatic carbocycles. The van der Waals surface area contributed by atoms with Gasteiger partial charge in [0.15, 0.2) is 0 Å². The average Bonchev–Trinajstić information content (AvgIpc) is 3.36. The minimum Gasteiger partial charge on any atom is -0.406 e. The molecular weight excluding hydrogens is 437 g/mol. The van der Waals surface area contributed by atoms with Gasteiger partial charge in [0, 0.05) is 31.2 Å². The molecule has 0 bridgehead atoms. The van der Waals surface area contributed by atoms with Crippen LogP contribution in [0.1, 0.15) is 47.4 Å². The molecule has 0 unspecified atom stereocenters. The molecule has 2 fully saturated rings. The fraction of sp³-hybridized carbons (Fsp3) is 0.565. The Hall–Kier alpha value is -2.59. The lowest BCUT2D eigenvalue weighted by Crippen LogP contribution is -2.49. The zero-order valence-electron chi connectivity index (χ0n) is 18.8. The van der Waals surface area contributed by atoms with Crippen molar-refractivity contribution in [2.24, 2.45) is 0 Å². The van der Waals surface area contributed by atoms with Gasteiger partial charge in [0.25, 0.3) is 5.91 Å². The number of ether oxygens (including phenoxy) is 1. The van der Waals surface area contributed by atoms with E-state index in [1.165, 1.54) is 22.9 Å². The number of aromatic nitrogens is 2. The van der Waals surface area contributed by atoms with Crippen molar-refractivity contribution in [3.63, 3.8) is 0 Å². The number of carbonyl (C=O) groups excluding carboxylic acids is 1. The van der Waals surface area contributed by atoms with E-state index in [2.05, 4.69) is 14.7 Å². The number of likely N-dealkylation sites (tertiary alicyclic amines) is 2. The Labute approximate surface area is 190 Å². The number of hydrogen-bond acceptors (Lipinski definition) is 5. The van der Waals surface area contributed by atoms with Crippen molar-refractivity contribution in [1.29, 1.82) is 0 Å². The van der Waals surface area contributed by atoms with Crippen LogP contribution in [0.15, 0.2) is 24.3 Å². The number of alkyl halides is 3. The van der Waals surface area contributed by atoms with Gasteiger partial charge in [-0.05, 0) is 58.2 Å². The van der Waals surface area contributed by atoms with Gasteiger partial charge in [-0.2, -0.15) is 5.10 Å². The first-order valence-corrected chi connectivity index (χ1v) is 11.3. The van der Waals surface area contributed by atoms with Crippen LogP contribution in [0.4, 0.5) is 13.2 Å². The normalized spacial score (nSPS) is 20.4. The molecule has 2 aliphatic heterocycles. The van der Waals surface area contributed by atoms with Gasteiger partial charge >= 0.3 is 6.36 Å². The van der Waals surface area contributed by atoms with Gasteiger partial charge in [0.2, 0.25) is 0 Å². The van der Waals surface area contributed by atoms with Crippen molar-refractivity contribution in [3.8, 4) is 11.4 Å². The van der Waals surface area contributed by atoms with Gasteiger partial charge in [0.1, 0.15) is 5.75 Å². The molecule has 1 amide bonds. The standard InChI is InChI=1S/C23H29F3N4O3/c1-15-21(16(2)30(27-15)18-5-3-7-20(13-18)33-23(24,25)26)22(32)28-11-8-17(9-12-28)29-10-4-6-19(29)14-31/h3,5,7,13,17,19,31H,4,6,8-12,14H2,1-2H3/t19-/m0/s1. The van der Waals surface area contributed by atoms with Crippen molar-refractivity contribution in [2.45, 2.75) is 58.0 Å². The monoisotopic (exact) mass is 466 g/mol. The summed E-state index contributed by atoms with van der Waals surface area (Å²) in [7, 11) is 0. The zero-order valence-corrected chi connectivity index (χ0v) is 18.8. The van der Waals surface area contributed by atoms with E-state index in [1.807, 2.05) is 4.90 Å². The van der Waals surface area contributed by atoms with E-state index in [9.17, 15) is 23.1 Å². The number of piperidine rings is 1. The van der Waals surface area contributed by atoms with Crippen LogP contribution in [0.3, 0.4) is 0 Å². The molecule has 0 spiro atoms. The highest BCUT2D eigenvalue weighted by Crippen LogP contribution is 2.29. The molecule has 180 valence electrons. The summed E-state index contributed by atoms with van der Waals surface area (Å²) in [5.41, 5.74) is 1.97. The van der Waals surface area contributed by atoms with E-state index >= 15 is 0 Å². The summed E-state index contributed by atoms with van der Waals surface area (Å²) in [6, 6.07) is 6.14. The second kappa shape index (κ2) is 9.34. The minimum absolute atomic E-state index is 0.113. The lowest BCUT2D eigenvalue weighted by molar-refractivity contribution is -0.274. The van der Waals surface area contributed by atoms with Crippen LogP contribution in [-0.2, 0) is 0 Å². The van der Waals surface area contributed by atoms with E-state index < -0.39 is 6.36 Å². The van der Waals surface area contributed by atoms with Gasteiger partial charge in [-0.15, -0.1) is 13.2 Å². The number of benzene rings is 1. The first kappa shape index (κ1) is 23.6. The third-order valence-corrected chi connectivity index (χ3v) is 6.66. The van der Waals surface area contributed by atoms with Gasteiger partial charge in [0.05, 0.1) is 29.2 Å². The predicted octanol–water partition coefficient (Wildman–Crippen LogP) is 3.45. The Morgan fingerprint density at radius 3 is 2.58 bits per heavy atom. The molecule has 0 aliphatic carbocycles. The molecule has 33 heavy (non-hydrogen) atoms. The molecule has 10 heteroatoms. The summed E-state index contributed by atoms with van der Waals surface area (Å²) >= 11 is 0. The molecule has 1 N–H and O–H groups in total. The molecule has 2 aromatic rings. The highest BCUT2D eigenvalue weighted by atomic mass is 19.4. The van der Waals surface area contributed by atoms with Gasteiger partial charge < -0.3 is 14.7 Å². The predicted molar refractivity (Wildman–Crippen MR) is 115 cm³/mol. The summed E-state index contributed by atoms with van der Waals surface area (Å²) in [5, 5.41) is 14.0. The fourth-order valence-corrected chi connectivity index (χ4v) is 5.11. The maximum atomic E-state index is 13.3. The van der Waals surface area contributed by atoms with Crippen LogP contribution in [0, 0.1) is 13.8 Å². The van der Waals surface area contributed by atoms with Crippen LogP contribution in [0.25, 0.3) is 5.69 Å². The SMILES string of the molecule is Cc1nn(-c2cccc(OC(F)(F)F)c2)c(C)c1C(=O)N1CCC(N2CCC[C@H]2CO)CC1. The Morgan fingerprint density at radius 2 is 1.91 bits per heavy atom. The van der Waals surface area contributed by atoms with E-state index in [-0.39, 0.29) is 24.3 Å². The van der Waals surface area contributed by atoms with Gasteiger partial charge in [-0.1, -0.05) is 6.07 Å². The van der Waals surface area contributed by atoms with Crippen LogP contribution >= 0.6 is 0 Å². The van der Waals surface area contributed by atoms with Crippen molar-refractivity contribution in [1.82, 2.24) is 19.6 Å². The largest absolute Gasteiger partial charge is 0.573 e. The highest BCUT2D eigenvalue weighted by Gasteiger charge is 2.35. The number of amides is 1. The number of aryl methyl sites for hydroxylation is 1. The van der Waals surface area contributed by atoms with Crippen LogP contribution < -0.4 is 4.74 Å². The minimum atomic E-state index is -4.78. The first-order valence-electron chi connectivity index (χ1n) is 11.3. The summed E-state index contributed by atoms with van der Waals surface area (Å²) in [6.45, 7) is 5.88. The topological polar surface area (TPSA) is 70.8 Å². The van der Waals surface area contributed by atoms with Crippen molar-refractivity contribution < 1.29 is 27.8 Å². The fourth-order valence-electron chi connectivity index (χ4n) is 5.11. The van der Waals surface area contributed by atoms with Crippen molar-refractivity contribution >= 4 is 5.91 Å². The van der Waals surface area contributed by atoms with E-state index in [4.69, 9.17) is 0 Å². The number of carbonyl (C=O) groups is 1. The first-order chi connectivity index (χ1) is 15.7. The Kier molecular flexibility index (Phi) is 6.67. The summed E-state index contributed by atoms with van der Waals surface area (Å²) in [6.07, 6.45) is -0.969. The lowest BCUT2D eigenvalue weighted by Gasteiger charge is -2.39. The Morgan fingerprint density at radius 1 is 1.18 bits per heavy atom. The molecule has 4 rings (SSSR count). The second-order valence-corrected chi connectivity index (χ2v) is 8.74. The lowest BCUT2D eigenvalue weighted by atomic mass is 10.0. The Bertz CT molecular complexity index is 999. The smallest absolute Gasteiger partial charge is 0.406 e. The summed E-state index contributed by atoms with van der Waals surface area (Å²) in [5.74, 6) is -0.455. The third kappa shape index (κ3) is 5.01. The molecule has 3 heterocycles. The number of aliphatic hydroxyl groups is 1. The van der Waals surface area contributed by atoms with E-state index in [0.717, 1.165) is 32.2 Å². The van der Waals surface area contributed by atoms with Gasteiger partial charge in [-0.25, -0.2) is 4.68 Å². The molecule has 2 saturated heterocycles. The molecular formula is C23H29F3N4O3. The maximum absolute atomic E-state index is 13.3. The highest BCUT2D eigenvalue weighted by molar-refractivity contribution is 5.96. The number of rotatable bonds is 5. The van der Waals surface area contributed by atoms with E-state index in [0.29, 0.717) is 41.8 Å². The third-order valence-electron chi connectivity index (χ3n) is 6.66. The molecule has 2 aliphatic rings. The van der Waals surface area contributed by atoms with E-state index in [1.54, 1.807) is 19.9 Å². The number of hydrogen-bond donors (Lipinski definition) is 1. The molecule has 1 atom stereocenters. The number of nitrogens with zero attached hydrogens (tertiary/aromatic N) is 4. The van der Waals surface area contributed by atoms with Crippen LogP contribution in [0.5, 0.6) is 5.75 Å². The number of aliphatic hydroxyl groups excluding tert-OH is 1. The maximum Gasteiger partial charge on any atom is 0.573 e. The number of halogens is 3. The molecule has 7 nitrogen and oxygen atoms in total. The summed E-state index contributed by atoms with van der Waals surface area (Å²) in [4.78, 5) is 17.5. The Balaban J connectivity index is 1.48. The van der Waals surface area contributed by atoms with Crippen molar-refractivity contribution in [2.75, 3.05) is 26.2 Å². The van der Waals surface area contributed by atoms with Crippen molar-refractivity contribution in [3.05, 3.63) is 41.2 Å². The summed E-state index contributed by atoms with van der Waals surface area (Å²) < 4.78 is 43.3. The van der Waals surface area contributed by atoms with Crippen LogP contribution in [0.2, 0.25) is 0 Å². The molecule has 0 saturated carbocycles. The molecule has 1 aromatic heterocycles. The van der Waals surface area contributed by atoms with Crippen LogP contribution in [-0.4, -0.2) is 75.3 Å². The molecule has 0 radical (unpaired) electrons. The second-order valence-electron chi connectivity index (χ2n) is 8.74. The average molecular weight is 467 g/mol.